The van der Waals surface area contributed by atoms with Crippen LogP contribution in [0.1, 0.15) is 21.1 Å². The maximum absolute atomic E-state index is 10.9. The second kappa shape index (κ2) is 5.14. The van der Waals surface area contributed by atoms with Gasteiger partial charge in [0.15, 0.2) is 0 Å². The molecule has 0 unspecified atom stereocenters. The van der Waals surface area contributed by atoms with E-state index in [-0.39, 0.29) is 5.56 Å². The zero-order valence-electron chi connectivity index (χ0n) is 10.1. The number of hydrogen-bond donors (Lipinski definition) is 1. The molecule has 0 fully saturated rings. The highest BCUT2D eigenvalue weighted by Crippen LogP contribution is 2.15. The molecule has 6 heteroatoms. The average Bonchev–Trinajstić information content (AvgIpc) is 2.75. The molecule has 1 N–H and O–H groups in total. The molecule has 18 heavy (non-hydrogen) atoms. The molecule has 5 nitrogen and oxygen atoms in total. The molecule has 0 aliphatic carbocycles. The Morgan fingerprint density at radius 2 is 2.33 bits per heavy atom. The summed E-state index contributed by atoms with van der Waals surface area (Å²) in [6.07, 6.45) is 1.50. The van der Waals surface area contributed by atoms with Crippen molar-refractivity contribution in [3.63, 3.8) is 0 Å². The lowest BCUT2D eigenvalue weighted by molar-refractivity contribution is 0.0697. The van der Waals surface area contributed by atoms with Crippen LogP contribution in [0, 0.1) is 6.92 Å². The topological polar surface area (TPSA) is 66.3 Å². The summed E-state index contributed by atoms with van der Waals surface area (Å²) in [5, 5.41) is 11.9. The van der Waals surface area contributed by atoms with Gasteiger partial charge in [0.05, 0.1) is 22.8 Å². The van der Waals surface area contributed by atoms with Crippen molar-refractivity contribution in [3.05, 3.63) is 40.0 Å². The number of pyridine rings is 1. The van der Waals surface area contributed by atoms with E-state index in [0.29, 0.717) is 12.4 Å². The van der Waals surface area contributed by atoms with Gasteiger partial charge in [0, 0.05) is 18.6 Å². The number of rotatable bonds is 4. The number of carboxylic acid groups (broad SMARTS) is 1. The van der Waals surface area contributed by atoms with Crippen molar-refractivity contribution in [2.24, 2.45) is 0 Å². The molecule has 0 amide bonds. The Morgan fingerprint density at radius 1 is 1.56 bits per heavy atom. The van der Waals surface area contributed by atoms with Crippen LogP contribution < -0.4 is 4.90 Å². The van der Waals surface area contributed by atoms with Crippen LogP contribution in [0.4, 0.5) is 5.82 Å². The minimum Gasteiger partial charge on any atom is -0.478 e. The maximum Gasteiger partial charge on any atom is 0.335 e. The van der Waals surface area contributed by atoms with Gasteiger partial charge in [-0.1, -0.05) is 0 Å². The smallest absolute Gasteiger partial charge is 0.335 e. The van der Waals surface area contributed by atoms with Crippen LogP contribution in [-0.2, 0) is 6.54 Å². The van der Waals surface area contributed by atoms with Gasteiger partial charge in [0.1, 0.15) is 5.82 Å². The Hall–Kier alpha value is -1.95. The van der Waals surface area contributed by atoms with E-state index in [4.69, 9.17) is 5.11 Å². The first kappa shape index (κ1) is 12.5. The third-order valence-corrected chi connectivity index (χ3v) is 3.27. The van der Waals surface area contributed by atoms with Crippen molar-refractivity contribution in [2.75, 3.05) is 11.9 Å². The van der Waals surface area contributed by atoms with Crippen LogP contribution in [0.2, 0.25) is 0 Å². The zero-order valence-corrected chi connectivity index (χ0v) is 10.9. The fourth-order valence-corrected chi connectivity index (χ4v) is 2.17. The number of hydrogen-bond acceptors (Lipinski definition) is 5. The predicted octanol–water partition coefficient (Wildman–Crippen LogP) is 2.18. The normalized spacial score (nSPS) is 10.3. The first-order valence-corrected chi connectivity index (χ1v) is 6.25. The number of carbonyl (C=O) groups is 1. The first-order chi connectivity index (χ1) is 8.56. The molecular weight excluding hydrogens is 250 g/mol. The van der Waals surface area contributed by atoms with E-state index < -0.39 is 5.97 Å². The Bertz CT molecular complexity index is 568. The van der Waals surface area contributed by atoms with Gasteiger partial charge in [-0.15, -0.1) is 11.3 Å². The molecule has 2 heterocycles. The summed E-state index contributed by atoms with van der Waals surface area (Å²) in [5.41, 5.74) is 1.20. The lowest BCUT2D eigenvalue weighted by Gasteiger charge is -2.16. The minimum atomic E-state index is -0.948. The molecule has 0 saturated heterocycles. The maximum atomic E-state index is 10.9. The second-order valence-corrected chi connectivity index (χ2v) is 4.98. The van der Waals surface area contributed by atoms with E-state index in [0.717, 1.165) is 10.7 Å². The van der Waals surface area contributed by atoms with Gasteiger partial charge in [-0.3, -0.25) is 0 Å². The molecule has 0 spiro atoms. The van der Waals surface area contributed by atoms with Crippen molar-refractivity contribution < 1.29 is 9.90 Å². The molecule has 94 valence electrons. The summed E-state index contributed by atoms with van der Waals surface area (Å²) in [7, 11) is 1.86. The summed E-state index contributed by atoms with van der Waals surface area (Å²) in [4.78, 5) is 21.3. The summed E-state index contributed by atoms with van der Waals surface area (Å²) in [6.45, 7) is 2.57. The zero-order chi connectivity index (χ0) is 13.1. The van der Waals surface area contributed by atoms with Crippen LogP contribution in [-0.4, -0.2) is 28.1 Å². The fraction of sp³-hybridized carbons (Fsp3) is 0.250. The number of thiazole rings is 1. The molecule has 0 atom stereocenters. The van der Waals surface area contributed by atoms with Gasteiger partial charge < -0.3 is 10.0 Å². The van der Waals surface area contributed by atoms with Crippen molar-refractivity contribution in [1.29, 1.82) is 0 Å². The van der Waals surface area contributed by atoms with Gasteiger partial charge in [-0.25, -0.2) is 14.8 Å². The van der Waals surface area contributed by atoms with Crippen LogP contribution in [0.3, 0.4) is 0 Å². The third kappa shape index (κ3) is 2.84. The summed E-state index contributed by atoms with van der Waals surface area (Å²) >= 11 is 1.60. The van der Waals surface area contributed by atoms with E-state index in [1.807, 2.05) is 24.3 Å². The number of anilines is 1. The van der Waals surface area contributed by atoms with E-state index in [1.165, 1.54) is 12.3 Å². The van der Waals surface area contributed by atoms with Gasteiger partial charge in [-0.2, -0.15) is 0 Å². The minimum absolute atomic E-state index is 0.237. The Balaban J connectivity index is 2.15. The van der Waals surface area contributed by atoms with Gasteiger partial charge >= 0.3 is 5.97 Å². The van der Waals surface area contributed by atoms with E-state index in [9.17, 15) is 4.79 Å². The number of nitrogens with zero attached hydrogens (tertiary/aromatic N) is 3. The number of aromatic carboxylic acids is 1. The van der Waals surface area contributed by atoms with E-state index in [2.05, 4.69) is 9.97 Å². The van der Waals surface area contributed by atoms with Crippen molar-refractivity contribution in [1.82, 2.24) is 9.97 Å². The monoisotopic (exact) mass is 263 g/mol. The van der Waals surface area contributed by atoms with Crippen LogP contribution in [0.15, 0.2) is 23.7 Å². The molecular formula is C12H13N3O2S. The molecule has 0 radical (unpaired) electrons. The van der Waals surface area contributed by atoms with Crippen LogP contribution in [0.25, 0.3) is 0 Å². The van der Waals surface area contributed by atoms with Gasteiger partial charge in [-0.05, 0) is 19.1 Å². The van der Waals surface area contributed by atoms with E-state index >= 15 is 0 Å². The molecule has 2 aromatic rings. The molecule has 0 aromatic carbocycles. The van der Waals surface area contributed by atoms with Crippen molar-refractivity contribution in [2.45, 2.75) is 13.5 Å². The SMILES string of the molecule is Cc1nc(CN(C)c2cc(C(=O)O)ccn2)cs1. The molecule has 0 aliphatic rings. The van der Waals surface area contributed by atoms with Gasteiger partial charge in [0.2, 0.25) is 0 Å². The lowest BCUT2D eigenvalue weighted by atomic mass is 10.2. The highest BCUT2D eigenvalue weighted by Gasteiger charge is 2.09. The number of aryl methyl sites for hydroxylation is 1. The second-order valence-electron chi connectivity index (χ2n) is 3.92. The number of carboxylic acids is 1. The van der Waals surface area contributed by atoms with Crippen LogP contribution in [0.5, 0.6) is 0 Å². The lowest BCUT2D eigenvalue weighted by Crippen LogP contribution is -2.18. The standard InChI is InChI=1S/C12H13N3O2S/c1-8-14-10(7-18-8)6-15(2)11-5-9(12(16)17)3-4-13-11/h3-5,7H,6H2,1-2H3,(H,16,17). The van der Waals surface area contributed by atoms with Crippen LogP contribution >= 0.6 is 11.3 Å². The summed E-state index contributed by atoms with van der Waals surface area (Å²) in [5.74, 6) is -0.322. The summed E-state index contributed by atoms with van der Waals surface area (Å²) in [6, 6.07) is 3.04. The fourth-order valence-electron chi connectivity index (χ4n) is 1.57. The Kier molecular flexibility index (Phi) is 3.57. The highest BCUT2D eigenvalue weighted by atomic mass is 32.1. The molecule has 2 rings (SSSR count). The van der Waals surface area contributed by atoms with Crippen molar-refractivity contribution in [3.8, 4) is 0 Å². The molecule has 0 saturated carbocycles. The molecule has 2 aromatic heterocycles. The molecule has 0 aliphatic heterocycles. The van der Waals surface area contributed by atoms with Crippen molar-refractivity contribution >= 4 is 23.1 Å². The molecule has 0 bridgehead atoms. The quantitative estimate of drug-likeness (QED) is 0.915. The average molecular weight is 263 g/mol. The number of aromatic nitrogens is 2. The van der Waals surface area contributed by atoms with E-state index in [1.54, 1.807) is 17.4 Å². The first-order valence-electron chi connectivity index (χ1n) is 5.38. The highest BCUT2D eigenvalue weighted by molar-refractivity contribution is 7.09. The van der Waals surface area contributed by atoms with Gasteiger partial charge in [0.25, 0.3) is 0 Å². The third-order valence-electron chi connectivity index (χ3n) is 2.45. The summed E-state index contributed by atoms with van der Waals surface area (Å²) < 4.78 is 0. The predicted molar refractivity (Wildman–Crippen MR) is 70.2 cm³/mol. The largest absolute Gasteiger partial charge is 0.478 e. The Morgan fingerprint density at radius 3 is 2.94 bits per heavy atom. The Labute approximate surface area is 109 Å².